The third kappa shape index (κ3) is 7.42. The van der Waals surface area contributed by atoms with E-state index in [4.69, 9.17) is 0 Å². The molecule has 0 aliphatic rings. The first-order valence-corrected chi connectivity index (χ1v) is 6.33. The normalized spacial score (nSPS) is 10.5. The standard InChI is InChI=1S/C13H11F3O2S/c1-10(17)19-8-3-2-5-11-6-4-7-12(9-11)18-13(14,15)16/h4,6-7,9H,3,8H2,1H3. The van der Waals surface area contributed by atoms with Crippen LogP contribution < -0.4 is 4.74 Å². The van der Waals surface area contributed by atoms with Gasteiger partial charge in [-0.3, -0.25) is 4.79 Å². The molecule has 0 saturated heterocycles. The van der Waals surface area contributed by atoms with E-state index < -0.39 is 6.36 Å². The summed E-state index contributed by atoms with van der Waals surface area (Å²) in [5.41, 5.74) is 0.439. The van der Waals surface area contributed by atoms with Gasteiger partial charge >= 0.3 is 6.36 Å². The van der Waals surface area contributed by atoms with Crippen molar-refractivity contribution < 1.29 is 22.7 Å². The Morgan fingerprint density at radius 1 is 1.42 bits per heavy atom. The molecule has 1 aromatic carbocycles. The molecule has 0 bridgehead atoms. The van der Waals surface area contributed by atoms with Crippen molar-refractivity contribution in [3.63, 3.8) is 0 Å². The Hall–Kier alpha value is -1.61. The third-order valence-corrected chi connectivity index (χ3v) is 2.65. The van der Waals surface area contributed by atoms with E-state index in [2.05, 4.69) is 16.6 Å². The predicted octanol–water partition coefficient (Wildman–Crippen LogP) is 3.61. The minimum atomic E-state index is -4.70. The fourth-order valence-electron chi connectivity index (χ4n) is 1.18. The molecule has 6 heteroatoms. The summed E-state index contributed by atoms with van der Waals surface area (Å²) < 4.78 is 39.8. The van der Waals surface area contributed by atoms with Gasteiger partial charge in [-0.15, -0.1) is 13.2 Å². The number of thioether (sulfide) groups is 1. The third-order valence-electron chi connectivity index (χ3n) is 1.83. The summed E-state index contributed by atoms with van der Waals surface area (Å²) in [7, 11) is 0. The van der Waals surface area contributed by atoms with Crippen LogP contribution in [0, 0.1) is 11.8 Å². The number of halogens is 3. The second-order valence-electron chi connectivity index (χ2n) is 3.47. The number of benzene rings is 1. The van der Waals surface area contributed by atoms with Gasteiger partial charge < -0.3 is 4.74 Å². The molecule has 0 aromatic heterocycles. The Morgan fingerprint density at radius 2 is 2.16 bits per heavy atom. The van der Waals surface area contributed by atoms with Crippen LogP contribution in [0.3, 0.4) is 0 Å². The van der Waals surface area contributed by atoms with Crippen LogP contribution in [0.5, 0.6) is 5.75 Å². The molecule has 0 radical (unpaired) electrons. The van der Waals surface area contributed by atoms with Crippen LogP contribution in [-0.2, 0) is 4.79 Å². The molecule has 0 fully saturated rings. The van der Waals surface area contributed by atoms with E-state index in [9.17, 15) is 18.0 Å². The zero-order valence-electron chi connectivity index (χ0n) is 10.1. The number of hydrogen-bond acceptors (Lipinski definition) is 3. The van der Waals surface area contributed by atoms with Crippen LogP contribution in [-0.4, -0.2) is 17.2 Å². The molecule has 0 atom stereocenters. The van der Waals surface area contributed by atoms with Gasteiger partial charge in [0, 0.05) is 24.7 Å². The van der Waals surface area contributed by atoms with E-state index in [1.54, 1.807) is 6.07 Å². The summed E-state index contributed by atoms with van der Waals surface area (Å²) in [5, 5.41) is 0.0161. The number of hydrogen-bond donors (Lipinski definition) is 0. The van der Waals surface area contributed by atoms with Crippen molar-refractivity contribution in [2.75, 3.05) is 5.75 Å². The fourth-order valence-corrected chi connectivity index (χ4v) is 1.67. The Balaban J connectivity index is 2.57. The molecule has 0 heterocycles. The Morgan fingerprint density at radius 3 is 2.79 bits per heavy atom. The van der Waals surface area contributed by atoms with Crippen molar-refractivity contribution in [3.05, 3.63) is 29.8 Å². The number of carbonyl (C=O) groups is 1. The molecule has 102 valence electrons. The summed E-state index contributed by atoms with van der Waals surface area (Å²) in [6.07, 6.45) is -4.21. The largest absolute Gasteiger partial charge is 0.573 e. The fraction of sp³-hybridized carbons (Fsp3) is 0.308. The lowest BCUT2D eigenvalue weighted by atomic mass is 10.2. The lowest BCUT2D eigenvalue weighted by Gasteiger charge is -2.08. The van der Waals surface area contributed by atoms with E-state index in [-0.39, 0.29) is 10.9 Å². The second-order valence-corrected chi connectivity index (χ2v) is 4.74. The molecule has 0 amide bonds. The molecular weight excluding hydrogens is 277 g/mol. The van der Waals surface area contributed by atoms with E-state index in [0.717, 1.165) is 11.8 Å². The SMILES string of the molecule is CC(=O)SCCC#Cc1cccc(OC(F)(F)F)c1. The first kappa shape index (κ1) is 15.4. The van der Waals surface area contributed by atoms with Gasteiger partial charge in [0.25, 0.3) is 0 Å². The van der Waals surface area contributed by atoms with Crippen LogP contribution in [0.4, 0.5) is 13.2 Å². The van der Waals surface area contributed by atoms with E-state index in [1.165, 1.54) is 25.1 Å². The minimum absolute atomic E-state index is 0.0161. The predicted molar refractivity (Wildman–Crippen MR) is 67.8 cm³/mol. The molecule has 0 spiro atoms. The van der Waals surface area contributed by atoms with Gasteiger partial charge in [0.2, 0.25) is 0 Å². The van der Waals surface area contributed by atoms with Crippen LogP contribution in [0.1, 0.15) is 18.9 Å². The number of carbonyl (C=O) groups excluding carboxylic acids is 1. The van der Waals surface area contributed by atoms with E-state index in [0.29, 0.717) is 17.7 Å². The van der Waals surface area contributed by atoms with Crippen LogP contribution >= 0.6 is 11.8 Å². The van der Waals surface area contributed by atoms with Crippen molar-refractivity contribution >= 4 is 16.9 Å². The van der Waals surface area contributed by atoms with Crippen molar-refractivity contribution in [2.45, 2.75) is 19.7 Å². The van der Waals surface area contributed by atoms with Gasteiger partial charge in [-0.2, -0.15) is 0 Å². The number of rotatable bonds is 3. The average molecular weight is 288 g/mol. The molecule has 1 aromatic rings. The molecule has 1 rings (SSSR count). The minimum Gasteiger partial charge on any atom is -0.406 e. The maximum atomic E-state index is 12.0. The highest BCUT2D eigenvalue weighted by atomic mass is 32.2. The van der Waals surface area contributed by atoms with Crippen LogP contribution in [0.25, 0.3) is 0 Å². The van der Waals surface area contributed by atoms with E-state index >= 15 is 0 Å². The van der Waals surface area contributed by atoms with Gasteiger partial charge in [0.05, 0.1) is 0 Å². The van der Waals surface area contributed by atoms with Crippen molar-refractivity contribution in [1.29, 1.82) is 0 Å². The van der Waals surface area contributed by atoms with Gasteiger partial charge in [0.1, 0.15) is 5.75 Å². The van der Waals surface area contributed by atoms with Crippen molar-refractivity contribution in [3.8, 4) is 17.6 Å². The summed E-state index contributed by atoms with van der Waals surface area (Å²) in [6, 6.07) is 5.46. The summed E-state index contributed by atoms with van der Waals surface area (Å²) in [4.78, 5) is 10.6. The first-order chi connectivity index (χ1) is 8.87. The molecule has 0 aliphatic heterocycles. The molecule has 0 N–H and O–H groups in total. The quantitative estimate of drug-likeness (QED) is 0.628. The highest BCUT2D eigenvalue weighted by Crippen LogP contribution is 2.22. The smallest absolute Gasteiger partial charge is 0.406 e. The second kappa shape index (κ2) is 7.10. The maximum absolute atomic E-state index is 12.0. The Bertz CT molecular complexity index is 501. The lowest BCUT2D eigenvalue weighted by molar-refractivity contribution is -0.274. The molecule has 0 aliphatic carbocycles. The van der Waals surface area contributed by atoms with Crippen LogP contribution in [0.15, 0.2) is 24.3 Å². The molecule has 0 unspecified atom stereocenters. The lowest BCUT2D eigenvalue weighted by Crippen LogP contribution is -2.17. The Kier molecular flexibility index (Phi) is 5.77. The highest BCUT2D eigenvalue weighted by Gasteiger charge is 2.30. The average Bonchev–Trinajstić information content (AvgIpc) is 2.26. The zero-order valence-corrected chi connectivity index (χ0v) is 10.9. The van der Waals surface area contributed by atoms with E-state index in [1.807, 2.05) is 0 Å². The summed E-state index contributed by atoms with van der Waals surface area (Å²) in [5.74, 6) is 5.79. The van der Waals surface area contributed by atoms with Crippen LogP contribution in [0.2, 0.25) is 0 Å². The number of alkyl halides is 3. The molecular formula is C13H11F3O2S. The summed E-state index contributed by atoms with van der Waals surface area (Å²) in [6.45, 7) is 1.47. The van der Waals surface area contributed by atoms with Gasteiger partial charge in [-0.05, 0) is 18.2 Å². The Labute approximate surface area is 113 Å². The van der Waals surface area contributed by atoms with Gasteiger partial charge in [0.15, 0.2) is 5.12 Å². The summed E-state index contributed by atoms with van der Waals surface area (Å²) >= 11 is 1.16. The topological polar surface area (TPSA) is 26.3 Å². The number of ether oxygens (including phenoxy) is 1. The maximum Gasteiger partial charge on any atom is 0.573 e. The molecule has 19 heavy (non-hydrogen) atoms. The van der Waals surface area contributed by atoms with Gasteiger partial charge in [-0.25, -0.2) is 0 Å². The van der Waals surface area contributed by atoms with Crippen molar-refractivity contribution in [1.82, 2.24) is 0 Å². The zero-order chi connectivity index (χ0) is 14.3. The molecule has 2 nitrogen and oxygen atoms in total. The highest BCUT2D eigenvalue weighted by molar-refractivity contribution is 8.13. The first-order valence-electron chi connectivity index (χ1n) is 5.35. The molecule has 0 saturated carbocycles. The van der Waals surface area contributed by atoms with Gasteiger partial charge in [-0.1, -0.05) is 29.7 Å². The van der Waals surface area contributed by atoms with Crippen molar-refractivity contribution in [2.24, 2.45) is 0 Å². The monoisotopic (exact) mass is 288 g/mol.